The summed E-state index contributed by atoms with van der Waals surface area (Å²) in [5, 5.41) is 3.11. The van der Waals surface area contributed by atoms with Crippen LogP contribution in [0.3, 0.4) is 0 Å². The molecule has 1 aromatic rings. The van der Waals surface area contributed by atoms with E-state index in [9.17, 15) is 8.42 Å². The van der Waals surface area contributed by atoms with Gasteiger partial charge in [-0.3, -0.25) is 0 Å². The Morgan fingerprint density at radius 1 is 1.44 bits per heavy atom. The molecule has 0 amide bonds. The van der Waals surface area contributed by atoms with Crippen LogP contribution >= 0.6 is 15.9 Å². The van der Waals surface area contributed by atoms with Crippen LogP contribution in [0.2, 0.25) is 0 Å². The molecule has 0 unspecified atom stereocenters. The lowest BCUT2D eigenvalue weighted by atomic mass is 10.4. The molecule has 0 spiro atoms. The fourth-order valence-corrected chi connectivity index (χ4v) is 1.98. The Balaban J connectivity index is 2.24. The number of hydrogen-bond donors (Lipinski definition) is 2. The summed E-state index contributed by atoms with van der Waals surface area (Å²) in [5.41, 5.74) is 0. The lowest BCUT2D eigenvalue weighted by Gasteiger charge is -2.07. The number of nitrogens with one attached hydrogen (secondary N) is 2. The van der Waals surface area contributed by atoms with Crippen LogP contribution in [0.5, 0.6) is 0 Å². The van der Waals surface area contributed by atoms with Crippen molar-refractivity contribution in [1.29, 1.82) is 0 Å². The first kappa shape index (κ1) is 13.4. The molecule has 2 N–H and O–H groups in total. The second-order valence-corrected chi connectivity index (χ2v) is 5.97. The van der Waals surface area contributed by atoms with Crippen LogP contribution in [0.15, 0.2) is 22.8 Å². The van der Waals surface area contributed by atoms with E-state index in [1.807, 2.05) is 12.1 Å². The topological polar surface area (TPSA) is 71.1 Å². The van der Waals surface area contributed by atoms with Gasteiger partial charge in [0.2, 0.25) is 10.0 Å². The van der Waals surface area contributed by atoms with Crippen molar-refractivity contribution >= 4 is 31.8 Å². The molecule has 16 heavy (non-hydrogen) atoms. The van der Waals surface area contributed by atoms with E-state index in [2.05, 4.69) is 31.0 Å². The molecule has 1 aromatic heterocycles. The summed E-state index contributed by atoms with van der Waals surface area (Å²) < 4.78 is 24.9. The minimum absolute atomic E-state index is 0.427. The number of halogens is 1. The molecule has 0 aliphatic rings. The van der Waals surface area contributed by atoms with Crippen LogP contribution in [0.4, 0.5) is 5.82 Å². The highest BCUT2D eigenvalue weighted by Gasteiger charge is 2.00. The maximum absolute atomic E-state index is 10.8. The van der Waals surface area contributed by atoms with Gasteiger partial charge in [0.1, 0.15) is 5.82 Å². The zero-order valence-electron chi connectivity index (χ0n) is 8.90. The first-order chi connectivity index (χ1) is 7.49. The lowest BCUT2D eigenvalue weighted by molar-refractivity contribution is 0.586. The zero-order valence-corrected chi connectivity index (χ0v) is 11.3. The van der Waals surface area contributed by atoms with Gasteiger partial charge in [0, 0.05) is 19.3 Å². The number of nitrogens with zero attached hydrogens (tertiary/aromatic N) is 1. The Morgan fingerprint density at radius 3 is 2.81 bits per heavy atom. The van der Waals surface area contributed by atoms with Crippen molar-refractivity contribution in [3.8, 4) is 0 Å². The summed E-state index contributed by atoms with van der Waals surface area (Å²) in [6, 6.07) is 3.73. The third-order valence-corrected chi connectivity index (χ3v) is 3.14. The Morgan fingerprint density at radius 2 is 2.19 bits per heavy atom. The lowest BCUT2D eigenvalue weighted by Crippen LogP contribution is -2.24. The third-order valence-electron chi connectivity index (χ3n) is 1.77. The van der Waals surface area contributed by atoms with Crippen LogP contribution in [-0.2, 0) is 10.0 Å². The van der Waals surface area contributed by atoms with E-state index in [-0.39, 0.29) is 0 Å². The number of rotatable bonds is 6. The Bertz CT molecular complexity index is 436. The summed E-state index contributed by atoms with van der Waals surface area (Å²) in [7, 11) is -3.08. The molecule has 0 aromatic carbocycles. The van der Waals surface area contributed by atoms with Gasteiger partial charge in [-0.1, -0.05) is 0 Å². The molecule has 0 radical (unpaired) electrons. The van der Waals surface area contributed by atoms with Crippen molar-refractivity contribution in [3.05, 3.63) is 22.8 Å². The van der Waals surface area contributed by atoms with Crippen molar-refractivity contribution in [2.24, 2.45) is 0 Å². The summed E-state index contributed by atoms with van der Waals surface area (Å²) in [6.07, 6.45) is 3.55. The van der Waals surface area contributed by atoms with Gasteiger partial charge < -0.3 is 5.32 Å². The number of hydrogen-bond acceptors (Lipinski definition) is 4. The standard InChI is InChI=1S/C9H14BrN3O2S/c1-16(14,15)13-7-3-6-12-9-8(10)4-2-5-11-9/h2,4-5,13H,3,6-7H2,1H3,(H,11,12). The molecule has 0 atom stereocenters. The van der Waals surface area contributed by atoms with Gasteiger partial charge in [-0.05, 0) is 34.5 Å². The highest BCUT2D eigenvalue weighted by molar-refractivity contribution is 9.10. The smallest absolute Gasteiger partial charge is 0.208 e. The van der Waals surface area contributed by atoms with Crippen molar-refractivity contribution in [3.63, 3.8) is 0 Å². The average molecular weight is 308 g/mol. The van der Waals surface area contributed by atoms with E-state index in [1.165, 1.54) is 0 Å². The number of aromatic nitrogens is 1. The van der Waals surface area contributed by atoms with Crippen LogP contribution in [-0.4, -0.2) is 32.7 Å². The second kappa shape index (κ2) is 6.17. The van der Waals surface area contributed by atoms with Crippen LogP contribution in [0.1, 0.15) is 6.42 Å². The molecule has 0 bridgehead atoms. The number of pyridine rings is 1. The predicted octanol–water partition coefficient (Wildman–Crippen LogP) is 1.20. The van der Waals surface area contributed by atoms with E-state index in [1.54, 1.807) is 6.20 Å². The molecule has 0 aliphatic carbocycles. The monoisotopic (exact) mass is 307 g/mol. The molecule has 5 nitrogen and oxygen atoms in total. The predicted molar refractivity (Wildman–Crippen MR) is 67.9 cm³/mol. The zero-order chi connectivity index (χ0) is 12.0. The Kier molecular flexibility index (Phi) is 5.17. The van der Waals surface area contributed by atoms with Crippen molar-refractivity contribution in [2.75, 3.05) is 24.7 Å². The summed E-state index contributed by atoms with van der Waals surface area (Å²) in [4.78, 5) is 4.13. The highest BCUT2D eigenvalue weighted by Crippen LogP contribution is 2.17. The molecule has 1 heterocycles. The Labute approximate surface area is 104 Å². The average Bonchev–Trinajstić information content (AvgIpc) is 2.18. The van der Waals surface area contributed by atoms with Crippen LogP contribution in [0.25, 0.3) is 0 Å². The largest absolute Gasteiger partial charge is 0.369 e. The molecular formula is C9H14BrN3O2S. The molecule has 0 fully saturated rings. The first-order valence-corrected chi connectivity index (χ1v) is 7.46. The van der Waals surface area contributed by atoms with Crippen LogP contribution in [0, 0.1) is 0 Å². The van der Waals surface area contributed by atoms with Crippen molar-refractivity contribution in [1.82, 2.24) is 9.71 Å². The molecule has 0 saturated heterocycles. The van der Waals surface area contributed by atoms with Gasteiger partial charge in [-0.2, -0.15) is 0 Å². The maximum atomic E-state index is 10.8. The molecule has 1 rings (SSSR count). The minimum Gasteiger partial charge on any atom is -0.369 e. The first-order valence-electron chi connectivity index (χ1n) is 4.78. The van der Waals surface area contributed by atoms with E-state index in [0.29, 0.717) is 19.5 Å². The van der Waals surface area contributed by atoms with E-state index in [0.717, 1.165) is 16.5 Å². The fraction of sp³-hybridized carbons (Fsp3) is 0.444. The van der Waals surface area contributed by atoms with Gasteiger partial charge in [-0.15, -0.1) is 0 Å². The fourth-order valence-electron chi connectivity index (χ4n) is 1.07. The van der Waals surface area contributed by atoms with Crippen molar-refractivity contribution in [2.45, 2.75) is 6.42 Å². The number of sulfonamides is 1. The quantitative estimate of drug-likeness (QED) is 0.775. The maximum Gasteiger partial charge on any atom is 0.208 e. The highest BCUT2D eigenvalue weighted by atomic mass is 79.9. The molecule has 90 valence electrons. The third kappa shape index (κ3) is 5.43. The SMILES string of the molecule is CS(=O)(=O)NCCCNc1ncccc1Br. The van der Waals surface area contributed by atoms with Crippen LogP contribution < -0.4 is 10.0 Å². The number of anilines is 1. The molecule has 0 saturated carbocycles. The Hall–Kier alpha value is -0.660. The van der Waals surface area contributed by atoms with Gasteiger partial charge >= 0.3 is 0 Å². The summed E-state index contributed by atoms with van der Waals surface area (Å²) in [6.45, 7) is 1.09. The van der Waals surface area contributed by atoms with Gasteiger partial charge in [0.25, 0.3) is 0 Å². The van der Waals surface area contributed by atoms with Gasteiger partial charge in [-0.25, -0.2) is 18.1 Å². The molecular weight excluding hydrogens is 294 g/mol. The normalized spacial score (nSPS) is 11.4. The van der Waals surface area contributed by atoms with Crippen molar-refractivity contribution < 1.29 is 8.42 Å². The van der Waals surface area contributed by atoms with Gasteiger partial charge in [0.05, 0.1) is 10.7 Å². The minimum atomic E-state index is -3.08. The van der Waals surface area contributed by atoms with E-state index < -0.39 is 10.0 Å². The summed E-state index contributed by atoms with van der Waals surface area (Å²) >= 11 is 3.36. The summed E-state index contributed by atoms with van der Waals surface area (Å²) in [5.74, 6) is 0.766. The molecule has 0 aliphatic heterocycles. The van der Waals surface area contributed by atoms with E-state index in [4.69, 9.17) is 0 Å². The second-order valence-electron chi connectivity index (χ2n) is 3.28. The van der Waals surface area contributed by atoms with Gasteiger partial charge in [0.15, 0.2) is 0 Å². The molecule has 7 heteroatoms. The van der Waals surface area contributed by atoms with E-state index >= 15 is 0 Å².